The molecule has 0 bridgehead atoms. The zero-order chi connectivity index (χ0) is 22.2. The van der Waals surface area contributed by atoms with E-state index in [2.05, 4.69) is 13.8 Å². The van der Waals surface area contributed by atoms with Crippen molar-refractivity contribution >= 4 is 0 Å². The van der Waals surface area contributed by atoms with Gasteiger partial charge in [-0.05, 0) is 18.3 Å². The Bertz CT molecular complexity index is 333. The van der Waals surface area contributed by atoms with Gasteiger partial charge < -0.3 is 0 Å². The van der Waals surface area contributed by atoms with E-state index >= 15 is 0 Å². The van der Waals surface area contributed by atoms with Crippen molar-refractivity contribution in [3.8, 4) is 0 Å². The average Bonchev–Trinajstić information content (AvgIpc) is 3.23. The van der Waals surface area contributed by atoms with Crippen LogP contribution in [0.1, 0.15) is 187 Å². The van der Waals surface area contributed by atoms with Crippen LogP contribution in [0.2, 0.25) is 0 Å². The summed E-state index contributed by atoms with van der Waals surface area (Å²) in [4.78, 5) is 0. The fourth-order valence-electron chi connectivity index (χ4n) is 5.90. The monoisotopic (exact) mass is 434 g/mol. The molecule has 0 radical (unpaired) electrons. The Morgan fingerprint density at radius 2 is 0.613 bits per heavy atom. The molecule has 0 aromatic heterocycles. The van der Waals surface area contributed by atoms with Gasteiger partial charge in [0.2, 0.25) is 0 Å². The second-order valence-electron chi connectivity index (χ2n) is 11.2. The lowest BCUT2D eigenvalue weighted by Crippen LogP contribution is -1.97. The minimum absolute atomic E-state index is 1.09. The summed E-state index contributed by atoms with van der Waals surface area (Å²) in [5.74, 6) is 2.19. The maximum Gasteiger partial charge on any atom is -0.0412 e. The maximum atomic E-state index is 2.31. The molecule has 1 fully saturated rings. The molecule has 0 aliphatic heterocycles. The molecule has 0 spiro atoms. The third-order valence-corrected chi connectivity index (χ3v) is 8.08. The lowest BCUT2D eigenvalue weighted by atomic mass is 9.95. The molecule has 0 N–H and O–H groups in total. The fraction of sp³-hybridized carbons (Fsp3) is 1.00. The SMILES string of the molecule is CCCCCCCCCCCCCCC1CCC(CCCCCCCCCCCC)C1. The number of hydrogen-bond donors (Lipinski definition) is 0. The summed E-state index contributed by atoms with van der Waals surface area (Å²) < 4.78 is 0. The van der Waals surface area contributed by atoms with Crippen molar-refractivity contribution in [3.05, 3.63) is 0 Å². The summed E-state index contributed by atoms with van der Waals surface area (Å²) in [5, 5.41) is 0. The van der Waals surface area contributed by atoms with Crippen LogP contribution in [0.3, 0.4) is 0 Å². The van der Waals surface area contributed by atoms with E-state index in [1.165, 1.54) is 141 Å². The van der Waals surface area contributed by atoms with Crippen LogP contribution in [0.15, 0.2) is 0 Å². The molecule has 0 amide bonds. The fourth-order valence-corrected chi connectivity index (χ4v) is 5.90. The summed E-state index contributed by atoms with van der Waals surface area (Å²) in [6, 6.07) is 0. The second-order valence-corrected chi connectivity index (χ2v) is 11.2. The molecule has 1 aliphatic carbocycles. The zero-order valence-corrected chi connectivity index (χ0v) is 22.2. The summed E-state index contributed by atoms with van der Waals surface area (Å²) in [6.07, 6.45) is 40.4. The summed E-state index contributed by atoms with van der Waals surface area (Å²) in [5.41, 5.74) is 0. The quantitative estimate of drug-likeness (QED) is 0.132. The van der Waals surface area contributed by atoms with Gasteiger partial charge >= 0.3 is 0 Å². The lowest BCUT2D eigenvalue weighted by Gasteiger charge is -2.11. The standard InChI is InChI=1S/C31H62/c1-3-5-7-9-11-13-15-16-18-20-22-24-26-31-28-27-30(29-31)25-23-21-19-17-14-12-10-8-6-4-2/h30-31H,3-29H2,1-2H3. The van der Waals surface area contributed by atoms with Crippen molar-refractivity contribution in [1.82, 2.24) is 0 Å². The molecular formula is C31H62. The van der Waals surface area contributed by atoms with Crippen molar-refractivity contribution < 1.29 is 0 Å². The van der Waals surface area contributed by atoms with Crippen LogP contribution >= 0.6 is 0 Å². The Hall–Kier alpha value is 0. The third-order valence-electron chi connectivity index (χ3n) is 8.08. The third kappa shape index (κ3) is 19.2. The van der Waals surface area contributed by atoms with Gasteiger partial charge in [-0.2, -0.15) is 0 Å². The Morgan fingerprint density at radius 1 is 0.355 bits per heavy atom. The molecule has 0 aromatic carbocycles. The van der Waals surface area contributed by atoms with Gasteiger partial charge in [-0.3, -0.25) is 0 Å². The van der Waals surface area contributed by atoms with Gasteiger partial charge in [0, 0.05) is 0 Å². The van der Waals surface area contributed by atoms with Crippen LogP contribution in [0.5, 0.6) is 0 Å². The van der Waals surface area contributed by atoms with Crippen LogP contribution in [-0.4, -0.2) is 0 Å². The number of unbranched alkanes of at least 4 members (excludes halogenated alkanes) is 20. The molecule has 31 heavy (non-hydrogen) atoms. The lowest BCUT2D eigenvalue weighted by molar-refractivity contribution is 0.413. The molecule has 1 saturated carbocycles. The Morgan fingerprint density at radius 3 is 0.903 bits per heavy atom. The van der Waals surface area contributed by atoms with Crippen LogP contribution in [0.4, 0.5) is 0 Å². The van der Waals surface area contributed by atoms with Crippen molar-refractivity contribution in [1.29, 1.82) is 0 Å². The van der Waals surface area contributed by atoms with Gasteiger partial charge in [0.1, 0.15) is 0 Å². The smallest absolute Gasteiger partial charge is 0.0412 e. The molecule has 2 atom stereocenters. The van der Waals surface area contributed by atoms with E-state index in [9.17, 15) is 0 Å². The van der Waals surface area contributed by atoms with Gasteiger partial charge in [0.25, 0.3) is 0 Å². The summed E-state index contributed by atoms with van der Waals surface area (Å²) in [6.45, 7) is 4.62. The average molecular weight is 435 g/mol. The van der Waals surface area contributed by atoms with Crippen LogP contribution in [-0.2, 0) is 0 Å². The minimum atomic E-state index is 1.09. The molecule has 0 nitrogen and oxygen atoms in total. The van der Waals surface area contributed by atoms with Gasteiger partial charge in [-0.25, -0.2) is 0 Å². The first-order chi connectivity index (χ1) is 15.4. The Kier molecular flexibility index (Phi) is 21.7. The predicted molar refractivity (Wildman–Crippen MR) is 143 cm³/mol. The zero-order valence-electron chi connectivity index (χ0n) is 22.2. The van der Waals surface area contributed by atoms with Crippen molar-refractivity contribution in [2.75, 3.05) is 0 Å². The van der Waals surface area contributed by atoms with Crippen LogP contribution in [0, 0.1) is 11.8 Å². The highest BCUT2D eigenvalue weighted by Crippen LogP contribution is 2.37. The molecule has 2 unspecified atom stereocenters. The first-order valence-electron chi connectivity index (χ1n) is 15.4. The molecule has 1 aliphatic rings. The summed E-state index contributed by atoms with van der Waals surface area (Å²) >= 11 is 0. The highest BCUT2D eigenvalue weighted by molar-refractivity contribution is 4.75. The topological polar surface area (TPSA) is 0 Å². The minimum Gasteiger partial charge on any atom is -0.0654 e. The summed E-state index contributed by atoms with van der Waals surface area (Å²) in [7, 11) is 0. The highest BCUT2D eigenvalue weighted by atomic mass is 14.3. The van der Waals surface area contributed by atoms with Gasteiger partial charge in [-0.1, -0.05) is 181 Å². The number of hydrogen-bond acceptors (Lipinski definition) is 0. The van der Waals surface area contributed by atoms with Crippen LogP contribution in [0.25, 0.3) is 0 Å². The molecule has 0 saturated heterocycles. The Labute approximate surface area is 199 Å². The van der Waals surface area contributed by atoms with E-state index in [0.29, 0.717) is 0 Å². The van der Waals surface area contributed by atoms with E-state index < -0.39 is 0 Å². The van der Waals surface area contributed by atoms with Crippen molar-refractivity contribution in [3.63, 3.8) is 0 Å². The molecule has 186 valence electrons. The van der Waals surface area contributed by atoms with Gasteiger partial charge in [0.15, 0.2) is 0 Å². The maximum absolute atomic E-state index is 2.31. The van der Waals surface area contributed by atoms with E-state index in [1.807, 2.05) is 0 Å². The second kappa shape index (κ2) is 23.2. The van der Waals surface area contributed by atoms with E-state index in [4.69, 9.17) is 0 Å². The van der Waals surface area contributed by atoms with Gasteiger partial charge in [-0.15, -0.1) is 0 Å². The Balaban J connectivity index is 1.78. The molecular weight excluding hydrogens is 372 g/mol. The highest BCUT2D eigenvalue weighted by Gasteiger charge is 2.23. The first-order valence-corrected chi connectivity index (χ1v) is 15.4. The van der Waals surface area contributed by atoms with Crippen LogP contribution < -0.4 is 0 Å². The van der Waals surface area contributed by atoms with Crippen molar-refractivity contribution in [2.45, 2.75) is 187 Å². The van der Waals surface area contributed by atoms with E-state index in [-0.39, 0.29) is 0 Å². The molecule has 1 rings (SSSR count). The van der Waals surface area contributed by atoms with E-state index in [1.54, 1.807) is 32.1 Å². The molecule has 0 heteroatoms. The first kappa shape index (κ1) is 29.0. The largest absolute Gasteiger partial charge is 0.0654 e. The predicted octanol–water partition coefficient (Wildman–Crippen LogP) is 11.8. The normalized spacial score (nSPS) is 18.8. The van der Waals surface area contributed by atoms with Gasteiger partial charge in [0.05, 0.1) is 0 Å². The van der Waals surface area contributed by atoms with E-state index in [0.717, 1.165) is 11.8 Å². The number of rotatable bonds is 24. The molecule has 0 aromatic rings. The van der Waals surface area contributed by atoms with Crippen molar-refractivity contribution in [2.24, 2.45) is 11.8 Å². The molecule has 0 heterocycles.